The summed E-state index contributed by atoms with van der Waals surface area (Å²) in [7, 11) is 0. The lowest BCUT2D eigenvalue weighted by molar-refractivity contribution is -0.151. The molecule has 0 rings (SSSR count). The minimum atomic E-state index is -0.895. The van der Waals surface area contributed by atoms with Crippen molar-refractivity contribution in [3.05, 3.63) is 0 Å². The summed E-state index contributed by atoms with van der Waals surface area (Å²) in [4.78, 5) is 11.0. The van der Waals surface area contributed by atoms with E-state index in [1.165, 1.54) is 6.92 Å². The van der Waals surface area contributed by atoms with Gasteiger partial charge in [0.1, 0.15) is 0 Å². The van der Waals surface area contributed by atoms with Crippen molar-refractivity contribution in [2.45, 2.75) is 58.0 Å². The SMILES string of the molecule is C#CCC(C#C)(CCCCCC)OC(C)=O. The molecule has 0 amide bonds. The molecule has 0 aliphatic heterocycles. The molecule has 1 atom stereocenters. The van der Waals surface area contributed by atoms with E-state index in [1.807, 2.05) is 0 Å². The molecule has 0 bridgehead atoms. The minimum absolute atomic E-state index is 0.287. The second-order valence-corrected chi connectivity index (χ2v) is 3.92. The average molecular weight is 220 g/mol. The Morgan fingerprint density at radius 3 is 2.44 bits per heavy atom. The fourth-order valence-electron chi connectivity index (χ4n) is 1.61. The van der Waals surface area contributed by atoms with Crippen LogP contribution >= 0.6 is 0 Å². The number of terminal acetylenes is 2. The van der Waals surface area contributed by atoms with Gasteiger partial charge in [-0.15, -0.1) is 18.8 Å². The molecule has 0 aliphatic rings. The van der Waals surface area contributed by atoms with Crippen molar-refractivity contribution < 1.29 is 9.53 Å². The fourth-order valence-corrected chi connectivity index (χ4v) is 1.61. The highest BCUT2D eigenvalue weighted by molar-refractivity contribution is 5.67. The van der Waals surface area contributed by atoms with Crippen molar-refractivity contribution in [1.29, 1.82) is 0 Å². The van der Waals surface area contributed by atoms with Gasteiger partial charge in [-0.1, -0.05) is 32.1 Å². The zero-order chi connectivity index (χ0) is 12.4. The lowest BCUT2D eigenvalue weighted by Gasteiger charge is -2.25. The zero-order valence-corrected chi connectivity index (χ0v) is 10.2. The molecule has 0 saturated heterocycles. The summed E-state index contributed by atoms with van der Waals surface area (Å²) in [6, 6.07) is 0. The Balaban J connectivity index is 4.35. The monoisotopic (exact) mass is 220 g/mol. The van der Waals surface area contributed by atoms with Crippen LogP contribution in [0.25, 0.3) is 0 Å². The summed E-state index contributed by atoms with van der Waals surface area (Å²) in [6.07, 6.45) is 16.0. The van der Waals surface area contributed by atoms with Crippen molar-refractivity contribution in [3.8, 4) is 24.7 Å². The molecule has 0 heterocycles. The van der Waals surface area contributed by atoms with Gasteiger partial charge in [-0.05, 0) is 12.8 Å². The minimum Gasteiger partial charge on any atom is -0.445 e. The van der Waals surface area contributed by atoms with E-state index in [2.05, 4.69) is 18.8 Å². The Morgan fingerprint density at radius 1 is 1.31 bits per heavy atom. The van der Waals surface area contributed by atoms with Crippen molar-refractivity contribution in [3.63, 3.8) is 0 Å². The van der Waals surface area contributed by atoms with Gasteiger partial charge in [-0.3, -0.25) is 4.79 Å². The van der Waals surface area contributed by atoms with Crippen molar-refractivity contribution in [1.82, 2.24) is 0 Å². The van der Waals surface area contributed by atoms with Gasteiger partial charge in [-0.2, -0.15) is 0 Å². The van der Waals surface area contributed by atoms with Crippen LogP contribution in [0, 0.1) is 24.7 Å². The zero-order valence-electron chi connectivity index (χ0n) is 10.2. The first-order valence-corrected chi connectivity index (χ1v) is 5.71. The summed E-state index contributed by atoms with van der Waals surface area (Å²) >= 11 is 0. The molecule has 2 heteroatoms. The maximum atomic E-state index is 11.0. The number of hydrogen-bond acceptors (Lipinski definition) is 2. The van der Waals surface area contributed by atoms with Gasteiger partial charge in [0, 0.05) is 6.92 Å². The van der Waals surface area contributed by atoms with Crippen LogP contribution in [0.5, 0.6) is 0 Å². The van der Waals surface area contributed by atoms with E-state index in [0.717, 1.165) is 25.7 Å². The summed E-state index contributed by atoms with van der Waals surface area (Å²) < 4.78 is 5.19. The van der Waals surface area contributed by atoms with Crippen LogP contribution < -0.4 is 0 Å². The number of hydrogen-bond donors (Lipinski definition) is 0. The van der Waals surface area contributed by atoms with Gasteiger partial charge in [0.15, 0.2) is 5.60 Å². The Labute approximate surface area is 98.8 Å². The highest BCUT2D eigenvalue weighted by Gasteiger charge is 2.29. The average Bonchev–Trinajstić information content (AvgIpc) is 2.24. The first-order chi connectivity index (χ1) is 7.60. The normalized spacial score (nSPS) is 13.2. The van der Waals surface area contributed by atoms with E-state index in [0.29, 0.717) is 6.42 Å². The molecular formula is C14H20O2. The van der Waals surface area contributed by atoms with Crippen LogP contribution in [-0.2, 0) is 9.53 Å². The number of carbonyl (C=O) groups excluding carboxylic acids is 1. The summed E-state index contributed by atoms with van der Waals surface area (Å²) in [6.45, 7) is 3.50. The summed E-state index contributed by atoms with van der Waals surface area (Å²) in [5, 5.41) is 0. The van der Waals surface area contributed by atoms with Crippen LogP contribution in [0.4, 0.5) is 0 Å². The number of ether oxygens (including phenoxy) is 1. The molecule has 0 spiro atoms. The Kier molecular flexibility index (Phi) is 7.14. The third-order valence-electron chi connectivity index (χ3n) is 2.42. The van der Waals surface area contributed by atoms with E-state index >= 15 is 0 Å². The van der Waals surface area contributed by atoms with E-state index in [9.17, 15) is 4.79 Å². The molecule has 0 fully saturated rings. The predicted molar refractivity (Wildman–Crippen MR) is 65.5 cm³/mol. The lowest BCUT2D eigenvalue weighted by atomic mass is 9.93. The molecule has 0 aromatic carbocycles. The fraction of sp³-hybridized carbons (Fsp3) is 0.643. The molecule has 0 N–H and O–H groups in total. The molecule has 0 aromatic rings. The van der Waals surface area contributed by atoms with Crippen LogP contribution in [-0.4, -0.2) is 11.6 Å². The van der Waals surface area contributed by atoms with Crippen molar-refractivity contribution in [2.75, 3.05) is 0 Å². The molecule has 0 saturated carbocycles. The molecule has 2 nitrogen and oxygen atoms in total. The molecule has 0 aliphatic carbocycles. The Morgan fingerprint density at radius 2 is 2.00 bits per heavy atom. The summed E-state index contributed by atoms with van der Waals surface area (Å²) in [5.74, 6) is 4.65. The molecule has 0 radical (unpaired) electrons. The van der Waals surface area contributed by atoms with Crippen LogP contribution in [0.3, 0.4) is 0 Å². The number of rotatable bonds is 7. The van der Waals surface area contributed by atoms with Gasteiger partial charge in [0.25, 0.3) is 0 Å². The van der Waals surface area contributed by atoms with Crippen LogP contribution in [0.15, 0.2) is 0 Å². The number of esters is 1. The van der Waals surface area contributed by atoms with Crippen molar-refractivity contribution >= 4 is 5.97 Å². The Hall–Kier alpha value is -1.41. The van der Waals surface area contributed by atoms with Gasteiger partial charge in [0.2, 0.25) is 0 Å². The molecule has 0 aromatic heterocycles. The highest BCUT2D eigenvalue weighted by atomic mass is 16.6. The van der Waals surface area contributed by atoms with E-state index in [-0.39, 0.29) is 12.4 Å². The lowest BCUT2D eigenvalue weighted by Crippen LogP contribution is -2.32. The second-order valence-electron chi connectivity index (χ2n) is 3.92. The number of unbranched alkanes of at least 4 members (excludes halogenated alkanes) is 3. The van der Waals surface area contributed by atoms with Gasteiger partial charge < -0.3 is 4.74 Å². The standard InChI is InChI=1S/C14H20O2/c1-5-8-9-10-12-14(7-3,11-6-2)16-13(4)15/h2-3H,5,8-12H2,1,4H3. The van der Waals surface area contributed by atoms with E-state index < -0.39 is 5.60 Å². The smallest absolute Gasteiger partial charge is 0.304 e. The molecule has 1 unspecified atom stereocenters. The largest absolute Gasteiger partial charge is 0.445 e. The quantitative estimate of drug-likeness (QED) is 0.374. The Bertz CT molecular complexity index is 293. The van der Waals surface area contributed by atoms with Crippen LogP contribution in [0.1, 0.15) is 52.4 Å². The third-order valence-corrected chi connectivity index (χ3v) is 2.42. The van der Waals surface area contributed by atoms with Crippen molar-refractivity contribution in [2.24, 2.45) is 0 Å². The maximum absolute atomic E-state index is 11.0. The molecule has 16 heavy (non-hydrogen) atoms. The summed E-state index contributed by atoms with van der Waals surface area (Å²) in [5.41, 5.74) is -0.895. The molecule has 88 valence electrons. The van der Waals surface area contributed by atoms with E-state index in [1.54, 1.807) is 0 Å². The first-order valence-electron chi connectivity index (χ1n) is 5.71. The first kappa shape index (κ1) is 14.6. The second kappa shape index (κ2) is 7.83. The maximum Gasteiger partial charge on any atom is 0.304 e. The topological polar surface area (TPSA) is 26.3 Å². The highest BCUT2D eigenvalue weighted by Crippen LogP contribution is 2.23. The van der Waals surface area contributed by atoms with Gasteiger partial charge >= 0.3 is 5.97 Å². The third kappa shape index (κ3) is 5.47. The van der Waals surface area contributed by atoms with Crippen LogP contribution in [0.2, 0.25) is 0 Å². The predicted octanol–water partition coefficient (Wildman–Crippen LogP) is 2.92. The molecular weight excluding hydrogens is 200 g/mol. The van der Waals surface area contributed by atoms with Gasteiger partial charge in [-0.25, -0.2) is 0 Å². The number of carbonyl (C=O) groups is 1. The van der Waals surface area contributed by atoms with Gasteiger partial charge in [0.05, 0.1) is 6.42 Å². The van der Waals surface area contributed by atoms with E-state index in [4.69, 9.17) is 17.6 Å².